The van der Waals surface area contributed by atoms with E-state index < -0.39 is 6.04 Å². The van der Waals surface area contributed by atoms with Crippen LogP contribution in [0.4, 0.5) is 4.39 Å². The lowest BCUT2D eigenvalue weighted by Crippen LogP contribution is -2.13. The van der Waals surface area contributed by atoms with Crippen LogP contribution in [-0.4, -0.2) is 0 Å². The molecule has 0 radical (unpaired) electrons. The molecule has 0 bridgehead atoms. The summed E-state index contributed by atoms with van der Waals surface area (Å²) in [5.41, 5.74) is 7.27. The zero-order chi connectivity index (χ0) is 13.4. The first-order valence-corrected chi connectivity index (χ1v) is 6.64. The number of hydrogen-bond donors (Lipinski definition) is 1. The molecule has 0 saturated heterocycles. The van der Waals surface area contributed by atoms with Crippen LogP contribution < -0.4 is 5.73 Å². The molecule has 1 atom stereocenters. The summed E-state index contributed by atoms with van der Waals surface area (Å²) in [5, 5.41) is 0.959. The van der Waals surface area contributed by atoms with Gasteiger partial charge in [-0.2, -0.15) is 0 Å². The Kier molecular flexibility index (Phi) is 3.12. The zero-order valence-electron chi connectivity index (χ0n) is 9.94. The van der Waals surface area contributed by atoms with Crippen molar-refractivity contribution in [3.05, 3.63) is 70.1 Å². The molecule has 1 aromatic heterocycles. The van der Waals surface area contributed by atoms with Crippen LogP contribution in [0.1, 0.15) is 17.4 Å². The van der Waals surface area contributed by atoms with Crippen molar-refractivity contribution in [2.75, 3.05) is 0 Å². The molecule has 19 heavy (non-hydrogen) atoms. The van der Waals surface area contributed by atoms with Crippen LogP contribution in [0, 0.1) is 5.82 Å². The Morgan fingerprint density at radius 1 is 1.11 bits per heavy atom. The summed E-state index contributed by atoms with van der Waals surface area (Å²) in [6.07, 6.45) is 0. The van der Waals surface area contributed by atoms with Crippen LogP contribution in [0.2, 0.25) is 0 Å². The number of furan rings is 1. The van der Waals surface area contributed by atoms with Gasteiger partial charge in [0.1, 0.15) is 17.2 Å². The monoisotopic (exact) mass is 319 g/mol. The highest BCUT2D eigenvalue weighted by molar-refractivity contribution is 9.10. The Balaban J connectivity index is 2.10. The summed E-state index contributed by atoms with van der Waals surface area (Å²) in [5.74, 6) is 0.203. The molecule has 2 aromatic carbocycles. The van der Waals surface area contributed by atoms with E-state index in [1.165, 1.54) is 6.07 Å². The summed E-state index contributed by atoms with van der Waals surface area (Å²) in [4.78, 5) is 0. The average Bonchev–Trinajstić information content (AvgIpc) is 2.82. The SMILES string of the molecule is NC(c1cc2ccccc2o1)c1c(F)cccc1Br. The van der Waals surface area contributed by atoms with Gasteiger partial charge >= 0.3 is 0 Å². The molecule has 1 heterocycles. The highest BCUT2D eigenvalue weighted by atomic mass is 79.9. The summed E-state index contributed by atoms with van der Waals surface area (Å²) < 4.78 is 20.2. The Morgan fingerprint density at radius 2 is 1.89 bits per heavy atom. The molecular formula is C15H11BrFNO. The van der Waals surface area contributed by atoms with Gasteiger partial charge in [-0.1, -0.05) is 40.2 Å². The third-order valence-corrected chi connectivity index (χ3v) is 3.75. The first-order valence-electron chi connectivity index (χ1n) is 5.85. The molecule has 0 spiro atoms. The number of rotatable bonds is 2. The minimum atomic E-state index is -0.636. The summed E-state index contributed by atoms with van der Waals surface area (Å²) in [7, 11) is 0. The van der Waals surface area contributed by atoms with E-state index in [1.54, 1.807) is 12.1 Å². The van der Waals surface area contributed by atoms with Crippen LogP contribution in [0.5, 0.6) is 0 Å². The average molecular weight is 320 g/mol. The van der Waals surface area contributed by atoms with Crippen molar-refractivity contribution in [1.82, 2.24) is 0 Å². The minimum absolute atomic E-state index is 0.345. The van der Waals surface area contributed by atoms with Gasteiger partial charge in [0, 0.05) is 15.4 Å². The smallest absolute Gasteiger partial charge is 0.134 e. The second kappa shape index (κ2) is 4.79. The highest BCUT2D eigenvalue weighted by Crippen LogP contribution is 2.32. The molecule has 2 N–H and O–H groups in total. The van der Waals surface area contributed by atoms with Crippen LogP contribution in [0.3, 0.4) is 0 Å². The molecule has 0 fully saturated rings. The number of halogens is 2. The number of para-hydroxylation sites is 1. The third kappa shape index (κ3) is 2.17. The normalized spacial score (nSPS) is 12.8. The van der Waals surface area contributed by atoms with Crippen molar-refractivity contribution in [2.24, 2.45) is 5.73 Å². The van der Waals surface area contributed by atoms with E-state index >= 15 is 0 Å². The lowest BCUT2D eigenvalue weighted by atomic mass is 10.0. The van der Waals surface area contributed by atoms with Gasteiger partial charge in [0.05, 0.1) is 6.04 Å². The van der Waals surface area contributed by atoms with E-state index in [4.69, 9.17) is 10.2 Å². The number of fused-ring (bicyclic) bond motifs is 1. The van der Waals surface area contributed by atoms with Crippen molar-refractivity contribution in [2.45, 2.75) is 6.04 Å². The number of benzene rings is 2. The van der Waals surface area contributed by atoms with Gasteiger partial charge in [-0.05, 0) is 24.3 Å². The van der Waals surface area contributed by atoms with E-state index in [2.05, 4.69) is 15.9 Å². The minimum Gasteiger partial charge on any atom is -0.459 e. The van der Waals surface area contributed by atoms with Gasteiger partial charge in [0.2, 0.25) is 0 Å². The lowest BCUT2D eigenvalue weighted by Gasteiger charge is -2.12. The molecule has 96 valence electrons. The standard InChI is InChI=1S/C15H11BrFNO/c16-10-5-3-6-11(17)14(10)15(18)13-8-9-4-1-2-7-12(9)19-13/h1-8,15H,18H2. The molecule has 3 aromatic rings. The maximum Gasteiger partial charge on any atom is 0.134 e. The van der Waals surface area contributed by atoms with Gasteiger partial charge in [-0.25, -0.2) is 4.39 Å². The second-order valence-corrected chi connectivity index (χ2v) is 5.15. The molecule has 3 rings (SSSR count). The maximum atomic E-state index is 13.9. The molecule has 4 heteroatoms. The highest BCUT2D eigenvalue weighted by Gasteiger charge is 2.20. The van der Waals surface area contributed by atoms with Crippen molar-refractivity contribution in [3.63, 3.8) is 0 Å². The first-order chi connectivity index (χ1) is 9.16. The fourth-order valence-electron chi connectivity index (χ4n) is 2.11. The summed E-state index contributed by atoms with van der Waals surface area (Å²) >= 11 is 3.33. The lowest BCUT2D eigenvalue weighted by molar-refractivity contribution is 0.509. The Morgan fingerprint density at radius 3 is 2.63 bits per heavy atom. The summed E-state index contributed by atoms with van der Waals surface area (Å²) in [6, 6.07) is 13.6. The maximum absolute atomic E-state index is 13.9. The van der Waals surface area contributed by atoms with Crippen molar-refractivity contribution >= 4 is 26.9 Å². The molecule has 0 aliphatic rings. The topological polar surface area (TPSA) is 39.2 Å². The summed E-state index contributed by atoms with van der Waals surface area (Å²) in [6.45, 7) is 0. The van der Waals surface area contributed by atoms with Crippen LogP contribution >= 0.6 is 15.9 Å². The zero-order valence-corrected chi connectivity index (χ0v) is 11.5. The van der Waals surface area contributed by atoms with Gasteiger partial charge < -0.3 is 10.2 Å². The van der Waals surface area contributed by atoms with Crippen molar-refractivity contribution < 1.29 is 8.81 Å². The van der Waals surface area contributed by atoms with Crippen LogP contribution in [-0.2, 0) is 0 Å². The Hall–Kier alpha value is -1.65. The van der Waals surface area contributed by atoms with E-state index in [9.17, 15) is 4.39 Å². The molecule has 0 aliphatic carbocycles. The molecule has 0 saturated carbocycles. The van der Waals surface area contributed by atoms with E-state index in [1.807, 2.05) is 30.3 Å². The Labute approximate surface area is 118 Å². The van der Waals surface area contributed by atoms with E-state index in [0.717, 1.165) is 11.0 Å². The Bertz CT molecular complexity index is 685. The largest absolute Gasteiger partial charge is 0.459 e. The third-order valence-electron chi connectivity index (χ3n) is 3.06. The molecule has 1 unspecified atom stereocenters. The van der Waals surface area contributed by atoms with Crippen LogP contribution in [0.25, 0.3) is 11.0 Å². The van der Waals surface area contributed by atoms with E-state index in [-0.39, 0.29) is 5.82 Å². The van der Waals surface area contributed by atoms with Gasteiger partial charge in [0.25, 0.3) is 0 Å². The van der Waals surface area contributed by atoms with Gasteiger partial charge in [-0.15, -0.1) is 0 Å². The fourth-order valence-corrected chi connectivity index (χ4v) is 2.69. The fraction of sp³-hybridized carbons (Fsp3) is 0.0667. The predicted octanol–water partition coefficient (Wildman–Crippen LogP) is 4.38. The molecule has 0 aliphatic heterocycles. The first kappa shape index (κ1) is 12.4. The van der Waals surface area contributed by atoms with Gasteiger partial charge in [-0.3, -0.25) is 0 Å². The molecule has 0 amide bonds. The second-order valence-electron chi connectivity index (χ2n) is 4.30. The quantitative estimate of drug-likeness (QED) is 0.761. The molecule has 2 nitrogen and oxygen atoms in total. The molecular weight excluding hydrogens is 309 g/mol. The van der Waals surface area contributed by atoms with Gasteiger partial charge in [0.15, 0.2) is 0 Å². The van der Waals surface area contributed by atoms with Crippen molar-refractivity contribution in [1.29, 1.82) is 0 Å². The van der Waals surface area contributed by atoms with Crippen LogP contribution in [0.15, 0.2) is 57.4 Å². The number of nitrogens with two attached hydrogens (primary N) is 1. The van der Waals surface area contributed by atoms with Crippen molar-refractivity contribution in [3.8, 4) is 0 Å². The number of hydrogen-bond acceptors (Lipinski definition) is 2. The van der Waals surface area contributed by atoms with E-state index in [0.29, 0.717) is 15.8 Å². The predicted molar refractivity (Wildman–Crippen MR) is 76.3 cm³/mol.